The zero-order valence-corrected chi connectivity index (χ0v) is 11.1. The summed E-state index contributed by atoms with van der Waals surface area (Å²) in [5.41, 5.74) is 0.972. The number of hydrogen-bond donors (Lipinski definition) is 0. The molecule has 0 aliphatic heterocycles. The Kier molecular flexibility index (Phi) is 8.22. The standard InChI is InChI=1S/C14H24N2/c1-6-8-9-11-14(10-7-2)15-12-16(5)13(3)4/h7-13H,6H2,1-5H3/b9-8+,10-7-,14-11+,15-12-. The van der Waals surface area contributed by atoms with Crippen LogP contribution in [0.3, 0.4) is 0 Å². The van der Waals surface area contributed by atoms with Gasteiger partial charge in [-0.05, 0) is 39.3 Å². The van der Waals surface area contributed by atoms with Crippen LogP contribution in [0.5, 0.6) is 0 Å². The number of nitrogens with zero attached hydrogens (tertiary/aromatic N) is 2. The van der Waals surface area contributed by atoms with Gasteiger partial charge in [0, 0.05) is 13.1 Å². The monoisotopic (exact) mass is 220 g/mol. The lowest BCUT2D eigenvalue weighted by molar-refractivity contribution is 0.429. The fourth-order valence-electron chi connectivity index (χ4n) is 0.906. The van der Waals surface area contributed by atoms with Gasteiger partial charge in [-0.2, -0.15) is 0 Å². The summed E-state index contributed by atoms with van der Waals surface area (Å²) in [5, 5.41) is 0. The van der Waals surface area contributed by atoms with E-state index in [1.54, 1.807) is 0 Å². The van der Waals surface area contributed by atoms with E-state index < -0.39 is 0 Å². The van der Waals surface area contributed by atoms with Crippen LogP contribution in [0.2, 0.25) is 0 Å². The summed E-state index contributed by atoms with van der Waals surface area (Å²) in [6.45, 7) is 8.40. The van der Waals surface area contributed by atoms with E-state index in [0.29, 0.717) is 6.04 Å². The molecule has 0 rings (SSSR count). The van der Waals surface area contributed by atoms with Crippen LogP contribution in [0.4, 0.5) is 0 Å². The lowest BCUT2D eigenvalue weighted by atomic mass is 10.3. The Morgan fingerprint density at radius 2 is 2.06 bits per heavy atom. The molecule has 0 aliphatic carbocycles. The second kappa shape index (κ2) is 8.96. The molecule has 0 atom stereocenters. The van der Waals surface area contributed by atoms with Gasteiger partial charge in [-0.3, -0.25) is 0 Å². The first kappa shape index (κ1) is 14.7. The quantitative estimate of drug-likeness (QED) is 0.378. The highest BCUT2D eigenvalue weighted by atomic mass is 15.1. The van der Waals surface area contributed by atoms with Gasteiger partial charge in [0.15, 0.2) is 0 Å². The molecule has 0 bridgehead atoms. The van der Waals surface area contributed by atoms with E-state index in [1.165, 1.54) is 0 Å². The number of allylic oxidation sites excluding steroid dienone is 5. The molecule has 0 spiro atoms. The average molecular weight is 220 g/mol. The van der Waals surface area contributed by atoms with Crippen LogP contribution in [-0.4, -0.2) is 24.3 Å². The van der Waals surface area contributed by atoms with Crippen molar-refractivity contribution in [1.82, 2.24) is 4.90 Å². The third-order valence-electron chi connectivity index (χ3n) is 2.18. The second-order valence-corrected chi connectivity index (χ2v) is 3.93. The molecule has 0 amide bonds. The van der Waals surface area contributed by atoms with Gasteiger partial charge >= 0.3 is 0 Å². The van der Waals surface area contributed by atoms with E-state index in [9.17, 15) is 0 Å². The molecule has 0 aliphatic rings. The summed E-state index contributed by atoms with van der Waals surface area (Å²) in [4.78, 5) is 6.51. The van der Waals surface area contributed by atoms with Crippen molar-refractivity contribution < 1.29 is 0 Å². The van der Waals surface area contributed by atoms with Gasteiger partial charge in [-0.25, -0.2) is 4.99 Å². The van der Waals surface area contributed by atoms with Gasteiger partial charge < -0.3 is 4.90 Å². The summed E-state index contributed by atoms with van der Waals surface area (Å²) in [6, 6.07) is 0.474. The minimum absolute atomic E-state index is 0.474. The first-order chi connectivity index (χ1) is 7.61. The van der Waals surface area contributed by atoms with Crippen molar-refractivity contribution in [3.63, 3.8) is 0 Å². The summed E-state index contributed by atoms with van der Waals surface area (Å²) < 4.78 is 0. The fourth-order valence-corrected chi connectivity index (χ4v) is 0.906. The molecular weight excluding hydrogens is 196 g/mol. The third kappa shape index (κ3) is 7.04. The van der Waals surface area contributed by atoms with E-state index in [4.69, 9.17) is 0 Å². The molecule has 0 aromatic rings. The van der Waals surface area contributed by atoms with Gasteiger partial charge in [-0.15, -0.1) is 0 Å². The molecule has 0 aromatic carbocycles. The van der Waals surface area contributed by atoms with Crippen molar-refractivity contribution in [3.8, 4) is 0 Å². The molecule has 16 heavy (non-hydrogen) atoms. The van der Waals surface area contributed by atoms with Gasteiger partial charge in [0.2, 0.25) is 0 Å². The van der Waals surface area contributed by atoms with Gasteiger partial charge in [0.1, 0.15) is 0 Å². The maximum atomic E-state index is 4.43. The molecular formula is C14H24N2. The Balaban J connectivity index is 4.56. The van der Waals surface area contributed by atoms with Crippen molar-refractivity contribution in [2.24, 2.45) is 4.99 Å². The first-order valence-electron chi connectivity index (χ1n) is 5.87. The molecule has 2 heteroatoms. The highest BCUT2D eigenvalue weighted by molar-refractivity contribution is 5.57. The van der Waals surface area contributed by atoms with Crippen LogP contribution in [0, 0.1) is 0 Å². The molecule has 0 radical (unpaired) electrons. The summed E-state index contributed by atoms with van der Waals surface area (Å²) in [6.07, 6.45) is 13.1. The molecule has 0 saturated carbocycles. The summed E-state index contributed by atoms with van der Waals surface area (Å²) in [7, 11) is 2.03. The summed E-state index contributed by atoms with van der Waals surface area (Å²) in [5.74, 6) is 0. The van der Waals surface area contributed by atoms with Crippen molar-refractivity contribution >= 4 is 6.34 Å². The lowest BCUT2D eigenvalue weighted by Crippen LogP contribution is -2.24. The second-order valence-electron chi connectivity index (χ2n) is 3.93. The van der Waals surface area contributed by atoms with Crippen molar-refractivity contribution in [1.29, 1.82) is 0 Å². The Morgan fingerprint density at radius 1 is 1.38 bits per heavy atom. The Labute approximate surface area is 100 Å². The number of aliphatic imine (C=N–C) groups is 1. The molecule has 0 aromatic heterocycles. The van der Waals surface area contributed by atoms with E-state index in [-0.39, 0.29) is 0 Å². The zero-order chi connectivity index (χ0) is 12.4. The van der Waals surface area contributed by atoms with Gasteiger partial charge in [-0.1, -0.05) is 25.2 Å². The predicted molar refractivity (Wildman–Crippen MR) is 73.7 cm³/mol. The molecule has 0 unspecified atom stereocenters. The van der Waals surface area contributed by atoms with Crippen molar-refractivity contribution in [3.05, 3.63) is 36.1 Å². The lowest BCUT2D eigenvalue weighted by Gasteiger charge is -2.17. The first-order valence-corrected chi connectivity index (χ1v) is 5.87. The third-order valence-corrected chi connectivity index (χ3v) is 2.18. The Hall–Kier alpha value is -1.31. The van der Waals surface area contributed by atoms with Gasteiger partial charge in [0.25, 0.3) is 0 Å². The van der Waals surface area contributed by atoms with Crippen LogP contribution in [-0.2, 0) is 0 Å². The fraction of sp³-hybridized carbons (Fsp3) is 0.500. The van der Waals surface area contributed by atoms with E-state index in [0.717, 1.165) is 12.1 Å². The highest BCUT2D eigenvalue weighted by Gasteiger charge is 1.96. The zero-order valence-electron chi connectivity index (χ0n) is 11.1. The Bertz CT molecular complexity index is 283. The average Bonchev–Trinajstić information content (AvgIpc) is 2.25. The van der Waals surface area contributed by atoms with Crippen LogP contribution in [0.15, 0.2) is 41.1 Å². The maximum Gasteiger partial charge on any atom is 0.0912 e. The predicted octanol–water partition coefficient (Wildman–Crippen LogP) is 3.78. The SMILES string of the molecule is C\C=C/C(=C\C=C\CC)/N=C\N(C)C(C)C. The Morgan fingerprint density at radius 3 is 2.56 bits per heavy atom. The van der Waals surface area contributed by atoms with Crippen LogP contribution >= 0.6 is 0 Å². The number of rotatable bonds is 6. The van der Waals surface area contributed by atoms with E-state index in [1.807, 2.05) is 44.6 Å². The highest BCUT2D eigenvalue weighted by Crippen LogP contribution is 2.01. The smallest absolute Gasteiger partial charge is 0.0912 e. The van der Waals surface area contributed by atoms with Crippen molar-refractivity contribution in [2.45, 2.75) is 40.2 Å². The molecule has 2 nitrogen and oxygen atoms in total. The molecule has 0 N–H and O–H groups in total. The van der Waals surface area contributed by atoms with Gasteiger partial charge in [0.05, 0.1) is 12.0 Å². The molecule has 90 valence electrons. The van der Waals surface area contributed by atoms with Crippen LogP contribution < -0.4 is 0 Å². The van der Waals surface area contributed by atoms with Crippen LogP contribution in [0.1, 0.15) is 34.1 Å². The summed E-state index contributed by atoms with van der Waals surface area (Å²) >= 11 is 0. The van der Waals surface area contributed by atoms with E-state index >= 15 is 0 Å². The number of hydrogen-bond acceptors (Lipinski definition) is 1. The van der Waals surface area contributed by atoms with Crippen LogP contribution in [0.25, 0.3) is 0 Å². The minimum Gasteiger partial charge on any atom is -0.363 e. The molecule has 0 fully saturated rings. The largest absolute Gasteiger partial charge is 0.363 e. The maximum absolute atomic E-state index is 4.43. The molecule has 0 heterocycles. The van der Waals surface area contributed by atoms with Crippen molar-refractivity contribution in [2.75, 3.05) is 7.05 Å². The minimum atomic E-state index is 0.474. The normalized spacial score (nSPS) is 13.8. The molecule has 0 saturated heterocycles. The topological polar surface area (TPSA) is 15.6 Å². The van der Waals surface area contributed by atoms with E-state index in [2.05, 4.69) is 36.7 Å².